The van der Waals surface area contributed by atoms with Gasteiger partial charge in [0.1, 0.15) is 11.5 Å². The van der Waals surface area contributed by atoms with Crippen LogP contribution in [0.2, 0.25) is 0 Å². The predicted octanol–water partition coefficient (Wildman–Crippen LogP) is 5.59. The average molecular weight is 326 g/mol. The molecule has 0 bridgehead atoms. The molecular weight excluding hydrogens is 296 g/mol. The summed E-state index contributed by atoms with van der Waals surface area (Å²) in [5, 5.41) is 21.1. The van der Waals surface area contributed by atoms with Crippen molar-refractivity contribution in [1.82, 2.24) is 0 Å². The van der Waals surface area contributed by atoms with Crippen LogP contribution in [0.15, 0.2) is 30.3 Å². The second-order valence-electron chi connectivity index (χ2n) is 8.84. The average Bonchev–Trinajstić information content (AvgIpc) is 2.42. The number of rotatable bonds is 2. The van der Waals surface area contributed by atoms with E-state index in [2.05, 4.69) is 47.6 Å². The van der Waals surface area contributed by atoms with Gasteiger partial charge in [-0.05, 0) is 46.1 Å². The maximum Gasteiger partial charge on any atom is 0.122 e. The molecule has 0 spiro atoms. The van der Waals surface area contributed by atoms with Crippen LogP contribution in [0.3, 0.4) is 0 Å². The molecule has 0 aliphatic heterocycles. The van der Waals surface area contributed by atoms with Gasteiger partial charge in [-0.3, -0.25) is 0 Å². The summed E-state index contributed by atoms with van der Waals surface area (Å²) in [7, 11) is 0. The first-order valence-corrected chi connectivity index (χ1v) is 8.55. The molecule has 0 aromatic heterocycles. The maximum absolute atomic E-state index is 10.7. The lowest BCUT2D eigenvalue weighted by Gasteiger charge is -2.23. The van der Waals surface area contributed by atoms with Crippen LogP contribution < -0.4 is 0 Å². The van der Waals surface area contributed by atoms with E-state index in [1.165, 1.54) is 0 Å². The molecule has 0 radical (unpaired) electrons. The van der Waals surface area contributed by atoms with E-state index in [-0.39, 0.29) is 10.8 Å². The Morgan fingerprint density at radius 1 is 0.792 bits per heavy atom. The molecule has 2 heteroatoms. The molecule has 2 nitrogen and oxygen atoms in total. The first-order valence-electron chi connectivity index (χ1n) is 8.55. The monoisotopic (exact) mass is 326 g/mol. The number of benzene rings is 2. The first kappa shape index (κ1) is 18.4. The van der Waals surface area contributed by atoms with Crippen molar-refractivity contribution in [2.75, 3.05) is 0 Å². The van der Waals surface area contributed by atoms with E-state index < -0.39 is 0 Å². The van der Waals surface area contributed by atoms with Crippen LogP contribution in [0.25, 0.3) is 0 Å². The summed E-state index contributed by atoms with van der Waals surface area (Å²) in [5.41, 5.74) is 4.75. The third-order valence-corrected chi connectivity index (χ3v) is 4.47. The fraction of sp³-hybridized carbons (Fsp3) is 0.455. The molecule has 2 aromatic rings. The fourth-order valence-corrected chi connectivity index (χ4v) is 2.95. The molecule has 0 aliphatic carbocycles. The second-order valence-corrected chi connectivity index (χ2v) is 8.84. The van der Waals surface area contributed by atoms with Gasteiger partial charge in [0.15, 0.2) is 0 Å². The Morgan fingerprint density at radius 3 is 1.92 bits per heavy atom. The summed E-state index contributed by atoms with van der Waals surface area (Å²) in [6.45, 7) is 14.7. The molecule has 0 unspecified atom stereocenters. The quantitative estimate of drug-likeness (QED) is 0.755. The Bertz CT molecular complexity index is 744. The number of hydrogen-bond acceptors (Lipinski definition) is 2. The SMILES string of the molecule is Cc1cc(Cc2ccc(C(C)(C)C)cc2O)c(O)c(C(C)(C)C)c1. The third-order valence-electron chi connectivity index (χ3n) is 4.47. The van der Waals surface area contributed by atoms with Crippen molar-refractivity contribution >= 4 is 0 Å². The molecule has 2 N–H and O–H groups in total. The molecule has 0 heterocycles. The van der Waals surface area contributed by atoms with E-state index in [0.29, 0.717) is 17.9 Å². The molecule has 0 amide bonds. The fourth-order valence-electron chi connectivity index (χ4n) is 2.95. The highest BCUT2D eigenvalue weighted by Gasteiger charge is 2.22. The number of hydrogen-bond donors (Lipinski definition) is 2. The Balaban J connectivity index is 2.44. The van der Waals surface area contributed by atoms with E-state index in [1.807, 2.05) is 31.2 Å². The summed E-state index contributed by atoms with van der Waals surface area (Å²) in [4.78, 5) is 0. The van der Waals surface area contributed by atoms with Gasteiger partial charge in [-0.1, -0.05) is 71.4 Å². The molecule has 24 heavy (non-hydrogen) atoms. The lowest BCUT2D eigenvalue weighted by Crippen LogP contribution is -2.13. The maximum atomic E-state index is 10.7. The van der Waals surface area contributed by atoms with Gasteiger partial charge in [-0.25, -0.2) is 0 Å². The summed E-state index contributed by atoms with van der Waals surface area (Å²) < 4.78 is 0. The zero-order valence-corrected chi connectivity index (χ0v) is 16.0. The highest BCUT2D eigenvalue weighted by atomic mass is 16.3. The van der Waals surface area contributed by atoms with Crippen molar-refractivity contribution in [2.24, 2.45) is 0 Å². The van der Waals surface area contributed by atoms with Gasteiger partial charge in [-0.2, -0.15) is 0 Å². The minimum atomic E-state index is -0.122. The summed E-state index contributed by atoms with van der Waals surface area (Å²) in [6.07, 6.45) is 0.521. The molecule has 2 aromatic carbocycles. The van der Waals surface area contributed by atoms with Gasteiger partial charge in [0.05, 0.1) is 0 Å². The second kappa shape index (κ2) is 6.16. The molecule has 0 saturated heterocycles. The molecule has 0 atom stereocenters. The Kier molecular flexibility index (Phi) is 4.72. The number of phenolic OH excluding ortho intramolecular Hbond substituents is 2. The van der Waals surface area contributed by atoms with Crippen molar-refractivity contribution in [3.8, 4) is 11.5 Å². The van der Waals surface area contributed by atoms with Crippen molar-refractivity contribution in [1.29, 1.82) is 0 Å². The van der Waals surface area contributed by atoms with E-state index >= 15 is 0 Å². The van der Waals surface area contributed by atoms with Crippen LogP contribution in [0.5, 0.6) is 11.5 Å². The normalized spacial score (nSPS) is 12.5. The Hall–Kier alpha value is -1.96. The van der Waals surface area contributed by atoms with Gasteiger partial charge in [0, 0.05) is 6.42 Å². The van der Waals surface area contributed by atoms with Crippen LogP contribution >= 0.6 is 0 Å². The lowest BCUT2D eigenvalue weighted by molar-refractivity contribution is 0.439. The van der Waals surface area contributed by atoms with Crippen molar-refractivity contribution < 1.29 is 10.2 Å². The number of aromatic hydroxyl groups is 2. The largest absolute Gasteiger partial charge is 0.508 e. The van der Waals surface area contributed by atoms with Crippen LogP contribution in [0.4, 0.5) is 0 Å². The van der Waals surface area contributed by atoms with E-state index in [9.17, 15) is 10.2 Å². The van der Waals surface area contributed by atoms with Crippen molar-refractivity contribution in [2.45, 2.75) is 65.7 Å². The summed E-state index contributed by atoms with van der Waals surface area (Å²) in [5.74, 6) is 0.632. The van der Waals surface area contributed by atoms with Gasteiger partial charge < -0.3 is 10.2 Å². The molecule has 2 rings (SSSR count). The first-order chi connectivity index (χ1) is 10.9. The van der Waals surface area contributed by atoms with Crippen LogP contribution in [0, 0.1) is 6.92 Å². The topological polar surface area (TPSA) is 40.5 Å². The smallest absolute Gasteiger partial charge is 0.122 e. The third kappa shape index (κ3) is 3.92. The van der Waals surface area contributed by atoms with Gasteiger partial charge in [0.25, 0.3) is 0 Å². The minimum absolute atomic E-state index is 0.000881. The van der Waals surface area contributed by atoms with Gasteiger partial charge >= 0.3 is 0 Å². The van der Waals surface area contributed by atoms with Crippen molar-refractivity contribution in [3.63, 3.8) is 0 Å². The minimum Gasteiger partial charge on any atom is -0.508 e. The molecule has 0 fully saturated rings. The van der Waals surface area contributed by atoms with E-state index in [1.54, 1.807) is 0 Å². The standard InChI is InChI=1S/C22H30O2/c1-14-10-16(20(24)18(11-14)22(5,6)7)12-15-8-9-17(13-19(15)23)21(2,3)4/h8-11,13,23-24H,12H2,1-7H3. The number of aryl methyl sites for hydroxylation is 1. The van der Waals surface area contributed by atoms with E-state index in [4.69, 9.17) is 0 Å². The summed E-state index contributed by atoms with van der Waals surface area (Å²) >= 11 is 0. The highest BCUT2D eigenvalue weighted by molar-refractivity contribution is 5.50. The van der Waals surface area contributed by atoms with Gasteiger partial charge in [-0.15, -0.1) is 0 Å². The zero-order chi connectivity index (χ0) is 18.3. The Morgan fingerprint density at radius 2 is 1.42 bits per heavy atom. The molecule has 130 valence electrons. The van der Waals surface area contributed by atoms with Gasteiger partial charge in [0.2, 0.25) is 0 Å². The molecule has 0 aliphatic rings. The lowest BCUT2D eigenvalue weighted by atomic mass is 9.83. The van der Waals surface area contributed by atoms with E-state index in [0.717, 1.165) is 27.8 Å². The predicted molar refractivity (Wildman–Crippen MR) is 101 cm³/mol. The molecular formula is C22H30O2. The van der Waals surface area contributed by atoms with Crippen LogP contribution in [-0.4, -0.2) is 10.2 Å². The van der Waals surface area contributed by atoms with Crippen LogP contribution in [-0.2, 0) is 17.3 Å². The summed E-state index contributed by atoms with van der Waals surface area (Å²) in [6, 6.07) is 9.91. The van der Waals surface area contributed by atoms with Crippen molar-refractivity contribution in [3.05, 3.63) is 58.1 Å². The molecule has 0 saturated carbocycles. The highest BCUT2D eigenvalue weighted by Crippen LogP contribution is 2.37. The zero-order valence-electron chi connectivity index (χ0n) is 16.0. The number of phenols is 2. The Labute approximate surface area is 146 Å². The van der Waals surface area contributed by atoms with Crippen LogP contribution in [0.1, 0.15) is 69.4 Å².